The standard InChI is InChI=1S/C18H30O4/c19-15(20)13-17(9-10-17)7-5-3-1-2-4-6-8-18(11-12-18)14-16(21)22/h1-14H2,(H,19,20)(H,21,22). The quantitative estimate of drug-likeness (QED) is 0.487. The van der Waals surface area contributed by atoms with Gasteiger partial charge in [0.2, 0.25) is 0 Å². The average Bonchev–Trinajstić information content (AvgIpc) is 3.32. The lowest BCUT2D eigenvalue weighted by Gasteiger charge is -2.12. The molecule has 4 nitrogen and oxygen atoms in total. The summed E-state index contributed by atoms with van der Waals surface area (Å²) >= 11 is 0. The lowest BCUT2D eigenvalue weighted by atomic mass is 9.93. The van der Waals surface area contributed by atoms with Crippen molar-refractivity contribution >= 4 is 11.9 Å². The minimum absolute atomic E-state index is 0.154. The number of aliphatic carboxylic acids is 2. The number of carbonyl (C=O) groups is 2. The zero-order valence-corrected chi connectivity index (χ0v) is 13.6. The first kappa shape index (κ1) is 17.3. The van der Waals surface area contributed by atoms with E-state index in [1.54, 1.807) is 0 Å². The Bertz CT molecular complexity index is 356. The summed E-state index contributed by atoms with van der Waals surface area (Å²) in [5.41, 5.74) is 0.308. The van der Waals surface area contributed by atoms with Gasteiger partial charge in [0.1, 0.15) is 0 Å². The minimum atomic E-state index is -0.645. The molecule has 0 aromatic rings. The summed E-state index contributed by atoms with van der Waals surface area (Å²) < 4.78 is 0. The van der Waals surface area contributed by atoms with Gasteiger partial charge in [-0.25, -0.2) is 0 Å². The van der Waals surface area contributed by atoms with Crippen LogP contribution in [0.5, 0.6) is 0 Å². The highest BCUT2D eigenvalue weighted by atomic mass is 16.4. The molecule has 0 bridgehead atoms. The van der Waals surface area contributed by atoms with Crippen molar-refractivity contribution in [3.63, 3.8) is 0 Å². The Hall–Kier alpha value is -1.06. The van der Waals surface area contributed by atoms with Crippen LogP contribution in [0.2, 0.25) is 0 Å². The van der Waals surface area contributed by atoms with Crippen LogP contribution in [0.25, 0.3) is 0 Å². The lowest BCUT2D eigenvalue weighted by molar-refractivity contribution is -0.139. The maximum Gasteiger partial charge on any atom is 0.303 e. The van der Waals surface area contributed by atoms with Crippen LogP contribution in [-0.2, 0) is 9.59 Å². The van der Waals surface area contributed by atoms with Gasteiger partial charge in [-0.05, 0) is 49.4 Å². The SMILES string of the molecule is O=C(O)CC1(CCCCCCCCC2(CC(=O)O)CC2)CC1. The molecule has 22 heavy (non-hydrogen) atoms. The van der Waals surface area contributed by atoms with E-state index in [1.165, 1.54) is 25.7 Å². The highest BCUT2D eigenvalue weighted by Gasteiger charge is 2.44. The third-order valence-corrected chi connectivity index (χ3v) is 5.63. The molecule has 0 heterocycles. The summed E-state index contributed by atoms with van der Waals surface area (Å²) in [6, 6.07) is 0. The predicted molar refractivity (Wildman–Crippen MR) is 84.8 cm³/mol. The average molecular weight is 310 g/mol. The maximum absolute atomic E-state index is 10.8. The summed E-state index contributed by atoms with van der Waals surface area (Å²) in [7, 11) is 0. The summed E-state index contributed by atoms with van der Waals surface area (Å²) in [6.45, 7) is 0. The molecule has 2 aliphatic carbocycles. The van der Waals surface area contributed by atoms with Gasteiger partial charge in [0.05, 0.1) is 12.8 Å². The normalized spacial score (nSPS) is 20.5. The second kappa shape index (κ2) is 7.47. The van der Waals surface area contributed by atoms with E-state index < -0.39 is 11.9 Å². The van der Waals surface area contributed by atoms with E-state index in [2.05, 4.69) is 0 Å². The van der Waals surface area contributed by atoms with Crippen LogP contribution in [0.3, 0.4) is 0 Å². The Balaban J connectivity index is 1.42. The molecule has 2 aliphatic rings. The molecule has 0 atom stereocenters. The molecule has 0 spiro atoms. The Labute approximate surface area is 133 Å². The van der Waals surface area contributed by atoms with E-state index in [0.717, 1.165) is 51.4 Å². The van der Waals surface area contributed by atoms with Crippen molar-refractivity contribution in [2.45, 2.75) is 89.9 Å². The van der Waals surface area contributed by atoms with Gasteiger partial charge in [0, 0.05) is 0 Å². The van der Waals surface area contributed by atoms with Gasteiger partial charge in [0.15, 0.2) is 0 Å². The lowest BCUT2D eigenvalue weighted by Crippen LogP contribution is -2.08. The molecule has 126 valence electrons. The van der Waals surface area contributed by atoms with Crippen molar-refractivity contribution in [3.05, 3.63) is 0 Å². The van der Waals surface area contributed by atoms with Gasteiger partial charge in [-0.2, -0.15) is 0 Å². The highest BCUT2D eigenvalue weighted by molar-refractivity contribution is 5.68. The topological polar surface area (TPSA) is 74.6 Å². The van der Waals surface area contributed by atoms with Crippen molar-refractivity contribution in [1.82, 2.24) is 0 Å². The fourth-order valence-electron chi connectivity index (χ4n) is 3.73. The van der Waals surface area contributed by atoms with E-state index in [-0.39, 0.29) is 10.8 Å². The summed E-state index contributed by atoms with van der Waals surface area (Å²) in [5, 5.41) is 17.8. The second-order valence-corrected chi connectivity index (χ2v) is 7.76. The number of carboxylic acid groups (broad SMARTS) is 2. The van der Waals surface area contributed by atoms with Crippen molar-refractivity contribution in [2.75, 3.05) is 0 Å². The molecule has 2 fully saturated rings. The van der Waals surface area contributed by atoms with Crippen LogP contribution >= 0.6 is 0 Å². The van der Waals surface area contributed by atoms with Gasteiger partial charge in [-0.3, -0.25) is 9.59 Å². The Morgan fingerprint density at radius 1 is 0.636 bits per heavy atom. The maximum atomic E-state index is 10.8. The molecule has 2 N–H and O–H groups in total. The molecule has 0 saturated heterocycles. The van der Waals surface area contributed by atoms with Crippen molar-refractivity contribution in [3.8, 4) is 0 Å². The van der Waals surface area contributed by atoms with E-state index in [4.69, 9.17) is 10.2 Å². The molecule has 0 unspecified atom stereocenters. The number of hydrogen-bond acceptors (Lipinski definition) is 2. The molecule has 0 aromatic heterocycles. The fraction of sp³-hybridized carbons (Fsp3) is 0.889. The van der Waals surface area contributed by atoms with Gasteiger partial charge < -0.3 is 10.2 Å². The summed E-state index contributed by atoms with van der Waals surface area (Å²) in [6.07, 6.45) is 14.5. The van der Waals surface area contributed by atoms with Crippen LogP contribution in [-0.4, -0.2) is 22.2 Å². The molecular weight excluding hydrogens is 280 g/mol. The molecule has 4 heteroatoms. The Morgan fingerprint density at radius 2 is 0.955 bits per heavy atom. The summed E-state index contributed by atoms with van der Waals surface area (Å²) in [5.74, 6) is -1.29. The van der Waals surface area contributed by atoms with Gasteiger partial charge in [-0.1, -0.05) is 38.5 Å². The van der Waals surface area contributed by atoms with Gasteiger partial charge in [-0.15, -0.1) is 0 Å². The van der Waals surface area contributed by atoms with Gasteiger partial charge in [0.25, 0.3) is 0 Å². The number of hydrogen-bond donors (Lipinski definition) is 2. The van der Waals surface area contributed by atoms with E-state index >= 15 is 0 Å². The van der Waals surface area contributed by atoms with Crippen LogP contribution < -0.4 is 0 Å². The van der Waals surface area contributed by atoms with Crippen LogP contribution in [0.4, 0.5) is 0 Å². The summed E-state index contributed by atoms with van der Waals surface area (Å²) in [4.78, 5) is 21.6. The van der Waals surface area contributed by atoms with Crippen molar-refractivity contribution < 1.29 is 19.8 Å². The van der Waals surface area contributed by atoms with E-state index in [0.29, 0.717) is 12.8 Å². The Kier molecular flexibility index (Phi) is 5.87. The molecule has 2 saturated carbocycles. The second-order valence-electron chi connectivity index (χ2n) is 7.76. The highest BCUT2D eigenvalue weighted by Crippen LogP contribution is 2.53. The first-order valence-corrected chi connectivity index (χ1v) is 8.89. The van der Waals surface area contributed by atoms with Crippen LogP contribution in [0, 0.1) is 10.8 Å². The van der Waals surface area contributed by atoms with Crippen molar-refractivity contribution in [1.29, 1.82) is 0 Å². The number of carboxylic acids is 2. The smallest absolute Gasteiger partial charge is 0.303 e. The van der Waals surface area contributed by atoms with Crippen LogP contribution in [0.1, 0.15) is 89.9 Å². The number of unbranched alkanes of at least 4 members (excludes halogenated alkanes) is 5. The molecule has 2 rings (SSSR count). The monoisotopic (exact) mass is 310 g/mol. The largest absolute Gasteiger partial charge is 0.481 e. The van der Waals surface area contributed by atoms with Crippen molar-refractivity contribution in [2.24, 2.45) is 10.8 Å². The first-order chi connectivity index (χ1) is 10.5. The first-order valence-electron chi connectivity index (χ1n) is 8.89. The molecule has 0 aliphatic heterocycles. The third kappa shape index (κ3) is 5.98. The minimum Gasteiger partial charge on any atom is -0.481 e. The van der Waals surface area contributed by atoms with Gasteiger partial charge >= 0.3 is 11.9 Å². The van der Waals surface area contributed by atoms with E-state index in [9.17, 15) is 9.59 Å². The molecule has 0 aromatic carbocycles. The Morgan fingerprint density at radius 3 is 1.23 bits per heavy atom. The molecule has 0 amide bonds. The molecular formula is C18H30O4. The zero-order valence-electron chi connectivity index (χ0n) is 13.6. The van der Waals surface area contributed by atoms with E-state index in [1.807, 2.05) is 0 Å². The number of rotatable bonds is 13. The zero-order chi connectivity index (χ0) is 16.1. The molecule has 0 radical (unpaired) electrons. The predicted octanol–water partition coefficient (Wildman–Crippen LogP) is 4.62. The third-order valence-electron chi connectivity index (χ3n) is 5.63. The van der Waals surface area contributed by atoms with Crippen LogP contribution in [0.15, 0.2) is 0 Å². The fourth-order valence-corrected chi connectivity index (χ4v) is 3.73.